The van der Waals surface area contributed by atoms with Crippen LogP contribution in [0.25, 0.3) is 10.9 Å². The maximum absolute atomic E-state index is 6.07. The first-order valence-electron chi connectivity index (χ1n) is 5.83. The third-order valence-electron chi connectivity index (χ3n) is 3.36. The number of H-pyrrole nitrogens is 1. The number of aromatic amines is 1. The highest BCUT2D eigenvalue weighted by Crippen LogP contribution is 2.37. The predicted molar refractivity (Wildman–Crippen MR) is 68.0 cm³/mol. The number of nitrogens with one attached hydrogen (secondary N) is 2. The fourth-order valence-corrected chi connectivity index (χ4v) is 2.89. The lowest BCUT2D eigenvalue weighted by atomic mass is 10.1. The molecule has 1 aromatic heterocycles. The summed E-state index contributed by atoms with van der Waals surface area (Å²) in [5.41, 5.74) is 4.01. The molecule has 1 atom stereocenters. The number of halogens is 1. The van der Waals surface area contributed by atoms with Crippen molar-refractivity contribution < 1.29 is 0 Å². The number of hydrogen-bond donors (Lipinski definition) is 2. The molecule has 1 aliphatic carbocycles. The maximum Gasteiger partial charge on any atom is 0.0460 e. The van der Waals surface area contributed by atoms with Gasteiger partial charge in [-0.05, 0) is 43.1 Å². The van der Waals surface area contributed by atoms with Gasteiger partial charge in [-0.2, -0.15) is 0 Å². The summed E-state index contributed by atoms with van der Waals surface area (Å²) >= 11 is 6.07. The van der Waals surface area contributed by atoms with E-state index >= 15 is 0 Å². The first kappa shape index (κ1) is 10.2. The first-order valence-corrected chi connectivity index (χ1v) is 6.20. The zero-order valence-corrected chi connectivity index (χ0v) is 10.1. The SMILES string of the molecule is CCNC1CCc2[nH]c3ccc(Cl)cc3c21. The molecule has 1 unspecified atom stereocenters. The van der Waals surface area contributed by atoms with Crippen LogP contribution in [-0.4, -0.2) is 11.5 Å². The minimum Gasteiger partial charge on any atom is -0.358 e. The number of hydrogen-bond acceptors (Lipinski definition) is 1. The Kier molecular flexibility index (Phi) is 2.41. The molecule has 2 aromatic rings. The van der Waals surface area contributed by atoms with Gasteiger partial charge < -0.3 is 10.3 Å². The molecule has 0 aliphatic heterocycles. The second-order valence-corrected chi connectivity index (χ2v) is 4.79. The smallest absolute Gasteiger partial charge is 0.0460 e. The maximum atomic E-state index is 6.07. The molecule has 0 radical (unpaired) electrons. The zero-order chi connectivity index (χ0) is 11.1. The Morgan fingerprint density at radius 3 is 3.19 bits per heavy atom. The van der Waals surface area contributed by atoms with Crippen molar-refractivity contribution in [3.63, 3.8) is 0 Å². The number of aryl methyl sites for hydroxylation is 1. The van der Waals surface area contributed by atoms with Crippen LogP contribution in [0.1, 0.15) is 30.6 Å². The zero-order valence-electron chi connectivity index (χ0n) is 9.31. The molecule has 2 N–H and O–H groups in total. The molecule has 3 rings (SSSR count). The topological polar surface area (TPSA) is 27.8 Å². The van der Waals surface area contributed by atoms with Gasteiger partial charge in [0, 0.05) is 27.7 Å². The van der Waals surface area contributed by atoms with Crippen molar-refractivity contribution in [1.82, 2.24) is 10.3 Å². The van der Waals surface area contributed by atoms with E-state index in [1.165, 1.54) is 28.6 Å². The molecule has 0 fully saturated rings. The lowest BCUT2D eigenvalue weighted by Gasteiger charge is -2.11. The molecule has 0 saturated heterocycles. The van der Waals surface area contributed by atoms with E-state index in [9.17, 15) is 0 Å². The summed E-state index contributed by atoms with van der Waals surface area (Å²) in [6.07, 6.45) is 2.33. The third-order valence-corrected chi connectivity index (χ3v) is 3.60. The number of benzene rings is 1. The van der Waals surface area contributed by atoms with Crippen molar-refractivity contribution in [2.75, 3.05) is 6.54 Å². The van der Waals surface area contributed by atoms with E-state index in [1.807, 2.05) is 6.07 Å². The largest absolute Gasteiger partial charge is 0.358 e. The van der Waals surface area contributed by atoms with E-state index < -0.39 is 0 Å². The molecule has 0 amide bonds. The van der Waals surface area contributed by atoms with Gasteiger partial charge in [-0.3, -0.25) is 0 Å². The number of fused-ring (bicyclic) bond motifs is 3. The highest BCUT2D eigenvalue weighted by atomic mass is 35.5. The highest BCUT2D eigenvalue weighted by Gasteiger charge is 2.25. The highest BCUT2D eigenvalue weighted by molar-refractivity contribution is 6.31. The Labute approximate surface area is 100.0 Å². The van der Waals surface area contributed by atoms with E-state index in [4.69, 9.17) is 11.6 Å². The molecule has 1 heterocycles. The molecule has 1 aliphatic rings. The van der Waals surface area contributed by atoms with Crippen molar-refractivity contribution >= 4 is 22.5 Å². The molecule has 0 saturated carbocycles. The van der Waals surface area contributed by atoms with Crippen LogP contribution in [0.3, 0.4) is 0 Å². The molecule has 3 heteroatoms. The monoisotopic (exact) mass is 234 g/mol. The lowest BCUT2D eigenvalue weighted by molar-refractivity contribution is 0.551. The Morgan fingerprint density at radius 2 is 2.38 bits per heavy atom. The van der Waals surface area contributed by atoms with Crippen LogP contribution in [0.15, 0.2) is 18.2 Å². The summed E-state index contributed by atoms with van der Waals surface area (Å²) in [7, 11) is 0. The van der Waals surface area contributed by atoms with Crippen LogP contribution in [-0.2, 0) is 6.42 Å². The molecular formula is C13H15ClN2. The van der Waals surface area contributed by atoms with Gasteiger partial charge in [0.2, 0.25) is 0 Å². The van der Waals surface area contributed by atoms with Crippen LogP contribution in [0.2, 0.25) is 5.02 Å². The summed E-state index contributed by atoms with van der Waals surface area (Å²) in [6.45, 7) is 3.16. The summed E-state index contributed by atoms with van der Waals surface area (Å²) in [5, 5.41) is 5.63. The fraction of sp³-hybridized carbons (Fsp3) is 0.385. The molecule has 1 aromatic carbocycles. The van der Waals surface area contributed by atoms with Crippen LogP contribution in [0.4, 0.5) is 0 Å². The summed E-state index contributed by atoms with van der Waals surface area (Å²) in [4.78, 5) is 3.49. The Hall–Kier alpha value is -0.990. The van der Waals surface area contributed by atoms with Crippen molar-refractivity contribution in [3.05, 3.63) is 34.5 Å². The van der Waals surface area contributed by atoms with Gasteiger partial charge in [0.05, 0.1) is 0 Å². The minimum absolute atomic E-state index is 0.493. The normalized spacial score (nSPS) is 19.2. The third kappa shape index (κ3) is 1.45. The van der Waals surface area contributed by atoms with E-state index in [0.717, 1.165) is 18.0 Å². The van der Waals surface area contributed by atoms with Crippen LogP contribution in [0.5, 0.6) is 0 Å². The van der Waals surface area contributed by atoms with E-state index in [-0.39, 0.29) is 0 Å². The van der Waals surface area contributed by atoms with E-state index in [2.05, 4.69) is 29.4 Å². The Morgan fingerprint density at radius 1 is 1.50 bits per heavy atom. The van der Waals surface area contributed by atoms with E-state index in [1.54, 1.807) is 0 Å². The predicted octanol–water partition coefficient (Wildman–Crippen LogP) is 3.42. The van der Waals surface area contributed by atoms with Crippen molar-refractivity contribution in [3.8, 4) is 0 Å². The summed E-state index contributed by atoms with van der Waals surface area (Å²) < 4.78 is 0. The van der Waals surface area contributed by atoms with Crippen LogP contribution < -0.4 is 5.32 Å². The standard InChI is InChI=1S/C13H15ClN2/c1-2-15-11-5-6-12-13(11)9-7-8(14)3-4-10(9)16-12/h3-4,7,11,15-16H,2,5-6H2,1H3. The number of rotatable bonds is 2. The summed E-state index contributed by atoms with van der Waals surface area (Å²) in [6, 6.07) is 6.57. The molecular weight excluding hydrogens is 220 g/mol. The molecule has 2 nitrogen and oxygen atoms in total. The van der Waals surface area contributed by atoms with Gasteiger partial charge >= 0.3 is 0 Å². The van der Waals surface area contributed by atoms with Crippen molar-refractivity contribution in [2.24, 2.45) is 0 Å². The minimum atomic E-state index is 0.493. The second-order valence-electron chi connectivity index (χ2n) is 4.36. The first-order chi connectivity index (χ1) is 7.79. The van der Waals surface area contributed by atoms with Gasteiger partial charge in [-0.15, -0.1) is 0 Å². The Bertz CT molecular complexity index is 530. The molecule has 0 bridgehead atoms. The average Bonchev–Trinajstić information content (AvgIpc) is 2.79. The second kappa shape index (κ2) is 3.79. The van der Waals surface area contributed by atoms with Gasteiger partial charge in [0.25, 0.3) is 0 Å². The van der Waals surface area contributed by atoms with Crippen molar-refractivity contribution in [2.45, 2.75) is 25.8 Å². The lowest BCUT2D eigenvalue weighted by Crippen LogP contribution is -2.18. The van der Waals surface area contributed by atoms with Gasteiger partial charge in [0.15, 0.2) is 0 Å². The van der Waals surface area contributed by atoms with Gasteiger partial charge in [-0.1, -0.05) is 18.5 Å². The average molecular weight is 235 g/mol. The van der Waals surface area contributed by atoms with E-state index in [0.29, 0.717) is 6.04 Å². The van der Waals surface area contributed by atoms with Crippen LogP contribution >= 0.6 is 11.6 Å². The molecule has 84 valence electrons. The van der Waals surface area contributed by atoms with Crippen molar-refractivity contribution in [1.29, 1.82) is 0 Å². The Balaban J connectivity index is 2.17. The van der Waals surface area contributed by atoms with Gasteiger partial charge in [0.1, 0.15) is 0 Å². The quantitative estimate of drug-likeness (QED) is 0.819. The molecule has 0 spiro atoms. The van der Waals surface area contributed by atoms with Crippen LogP contribution in [0, 0.1) is 0 Å². The van der Waals surface area contributed by atoms with Gasteiger partial charge in [-0.25, -0.2) is 0 Å². The molecule has 16 heavy (non-hydrogen) atoms. The summed E-state index contributed by atoms with van der Waals surface area (Å²) in [5.74, 6) is 0. The fourth-order valence-electron chi connectivity index (χ4n) is 2.72. The number of aromatic nitrogens is 1.